The number of nitro benzene ring substituents is 1. The van der Waals surface area contributed by atoms with Gasteiger partial charge in [-0.15, -0.1) is 0 Å². The van der Waals surface area contributed by atoms with E-state index in [9.17, 15) is 14.9 Å². The molecule has 0 heterocycles. The second-order valence-corrected chi connectivity index (χ2v) is 5.42. The normalized spacial score (nSPS) is 11.6. The van der Waals surface area contributed by atoms with E-state index in [0.717, 1.165) is 5.56 Å². The number of amides is 1. The van der Waals surface area contributed by atoms with E-state index in [0.29, 0.717) is 6.54 Å². The Morgan fingerprint density at radius 2 is 1.96 bits per heavy atom. The van der Waals surface area contributed by atoms with E-state index in [1.165, 1.54) is 18.2 Å². The molecular weight excluding hydrogens is 318 g/mol. The van der Waals surface area contributed by atoms with Crippen LogP contribution in [0.25, 0.3) is 0 Å². The van der Waals surface area contributed by atoms with Crippen LogP contribution in [0.15, 0.2) is 48.5 Å². The van der Waals surface area contributed by atoms with E-state index in [-0.39, 0.29) is 22.3 Å². The van der Waals surface area contributed by atoms with Gasteiger partial charge < -0.3 is 10.6 Å². The van der Waals surface area contributed by atoms with Gasteiger partial charge in [0.25, 0.3) is 5.69 Å². The fourth-order valence-corrected chi connectivity index (χ4v) is 2.18. The van der Waals surface area contributed by atoms with Gasteiger partial charge in [0.15, 0.2) is 0 Å². The summed E-state index contributed by atoms with van der Waals surface area (Å²) in [5.41, 5.74) is 1.06. The molecule has 2 N–H and O–H groups in total. The summed E-state index contributed by atoms with van der Waals surface area (Å²) in [5.74, 6) is -0.252. The van der Waals surface area contributed by atoms with Gasteiger partial charge in [0, 0.05) is 17.6 Å². The van der Waals surface area contributed by atoms with E-state index >= 15 is 0 Å². The van der Waals surface area contributed by atoms with E-state index in [2.05, 4.69) is 10.6 Å². The predicted octanol–water partition coefficient (Wildman–Crippen LogP) is 3.37. The van der Waals surface area contributed by atoms with Crippen LogP contribution in [0.5, 0.6) is 0 Å². The van der Waals surface area contributed by atoms with Gasteiger partial charge in [0.2, 0.25) is 5.91 Å². The van der Waals surface area contributed by atoms with Gasteiger partial charge in [0.1, 0.15) is 11.7 Å². The van der Waals surface area contributed by atoms with E-state index in [4.69, 9.17) is 11.6 Å². The van der Waals surface area contributed by atoms with Crippen molar-refractivity contribution in [3.63, 3.8) is 0 Å². The lowest BCUT2D eigenvalue weighted by atomic mass is 10.2. The molecule has 6 nitrogen and oxygen atoms in total. The van der Waals surface area contributed by atoms with Crippen LogP contribution in [0.1, 0.15) is 12.5 Å². The van der Waals surface area contributed by atoms with Gasteiger partial charge >= 0.3 is 0 Å². The minimum Gasteiger partial charge on any atom is -0.368 e. The quantitative estimate of drug-likeness (QED) is 0.627. The molecule has 0 aromatic heterocycles. The van der Waals surface area contributed by atoms with Crippen molar-refractivity contribution in [1.82, 2.24) is 5.32 Å². The Bertz CT molecular complexity index is 707. The molecule has 0 bridgehead atoms. The molecule has 1 amide bonds. The summed E-state index contributed by atoms with van der Waals surface area (Å²) in [4.78, 5) is 22.6. The molecule has 1 unspecified atom stereocenters. The lowest BCUT2D eigenvalue weighted by Crippen LogP contribution is -2.37. The maximum atomic E-state index is 12.1. The lowest BCUT2D eigenvalue weighted by Gasteiger charge is -2.15. The maximum Gasteiger partial charge on any atom is 0.293 e. The van der Waals surface area contributed by atoms with Crippen molar-refractivity contribution >= 4 is 28.9 Å². The predicted molar refractivity (Wildman–Crippen MR) is 89.5 cm³/mol. The number of carbonyl (C=O) groups is 1. The van der Waals surface area contributed by atoms with Crippen LogP contribution >= 0.6 is 11.6 Å². The zero-order valence-corrected chi connectivity index (χ0v) is 13.2. The summed E-state index contributed by atoms with van der Waals surface area (Å²) in [6.45, 7) is 2.03. The average Bonchev–Trinajstić information content (AvgIpc) is 2.55. The lowest BCUT2D eigenvalue weighted by molar-refractivity contribution is -0.384. The molecule has 7 heteroatoms. The van der Waals surface area contributed by atoms with Crippen molar-refractivity contribution in [2.24, 2.45) is 0 Å². The Labute approximate surface area is 138 Å². The Morgan fingerprint density at radius 1 is 1.26 bits per heavy atom. The minimum atomic E-state index is -0.626. The van der Waals surface area contributed by atoms with Crippen molar-refractivity contribution in [3.8, 4) is 0 Å². The summed E-state index contributed by atoms with van der Waals surface area (Å²) >= 11 is 5.77. The minimum absolute atomic E-state index is 0.166. The highest BCUT2D eigenvalue weighted by Crippen LogP contribution is 2.28. The second kappa shape index (κ2) is 7.60. The number of nitro groups is 1. The maximum absolute atomic E-state index is 12.1. The number of anilines is 1. The van der Waals surface area contributed by atoms with Crippen LogP contribution in [-0.2, 0) is 11.3 Å². The van der Waals surface area contributed by atoms with Crippen molar-refractivity contribution in [1.29, 1.82) is 0 Å². The van der Waals surface area contributed by atoms with Crippen molar-refractivity contribution < 1.29 is 9.72 Å². The molecule has 0 aliphatic rings. The number of hydrogen-bond donors (Lipinski definition) is 2. The van der Waals surface area contributed by atoms with Crippen LogP contribution in [0.4, 0.5) is 11.4 Å². The van der Waals surface area contributed by atoms with Gasteiger partial charge in [-0.2, -0.15) is 0 Å². The third kappa shape index (κ3) is 4.69. The number of nitrogens with zero attached hydrogens (tertiary/aromatic N) is 1. The Kier molecular flexibility index (Phi) is 5.54. The van der Waals surface area contributed by atoms with Crippen molar-refractivity contribution in [2.45, 2.75) is 19.5 Å². The zero-order chi connectivity index (χ0) is 16.8. The fourth-order valence-electron chi connectivity index (χ4n) is 2.01. The monoisotopic (exact) mass is 333 g/mol. The largest absolute Gasteiger partial charge is 0.368 e. The van der Waals surface area contributed by atoms with E-state index in [1.807, 2.05) is 30.3 Å². The van der Waals surface area contributed by atoms with Gasteiger partial charge in [-0.1, -0.05) is 41.9 Å². The van der Waals surface area contributed by atoms with Gasteiger partial charge in [-0.25, -0.2) is 0 Å². The molecular formula is C16H16ClN3O3. The first-order valence-corrected chi connectivity index (χ1v) is 7.37. The van der Waals surface area contributed by atoms with Crippen LogP contribution in [0.3, 0.4) is 0 Å². The molecule has 0 spiro atoms. The molecule has 0 aliphatic heterocycles. The zero-order valence-electron chi connectivity index (χ0n) is 12.5. The Balaban J connectivity index is 2.00. The summed E-state index contributed by atoms with van der Waals surface area (Å²) in [6, 6.07) is 13.1. The standard InChI is InChI=1S/C16H16ClN3O3/c1-11(16(21)18-10-12-5-3-2-4-6-12)19-14-8-7-13(17)9-15(14)20(22)23/h2-9,11,19H,10H2,1H3,(H,18,21). The third-order valence-corrected chi connectivity index (χ3v) is 3.47. The molecule has 120 valence electrons. The SMILES string of the molecule is CC(Nc1ccc(Cl)cc1[N+](=O)[O-])C(=O)NCc1ccccc1. The first-order valence-electron chi connectivity index (χ1n) is 6.99. The number of carbonyl (C=O) groups excluding carboxylic acids is 1. The van der Waals surface area contributed by atoms with Gasteiger partial charge in [0.05, 0.1) is 4.92 Å². The number of benzene rings is 2. The van der Waals surface area contributed by atoms with Gasteiger partial charge in [-0.05, 0) is 24.6 Å². The van der Waals surface area contributed by atoms with Crippen LogP contribution < -0.4 is 10.6 Å². The molecule has 0 fully saturated rings. The fraction of sp³-hybridized carbons (Fsp3) is 0.188. The summed E-state index contributed by atoms with van der Waals surface area (Å²) in [7, 11) is 0. The highest BCUT2D eigenvalue weighted by atomic mass is 35.5. The number of halogens is 1. The summed E-state index contributed by atoms with van der Waals surface area (Å²) < 4.78 is 0. The molecule has 2 rings (SSSR count). The number of hydrogen-bond acceptors (Lipinski definition) is 4. The molecule has 1 atom stereocenters. The smallest absolute Gasteiger partial charge is 0.293 e. The first-order chi connectivity index (χ1) is 11.0. The van der Waals surface area contributed by atoms with Crippen LogP contribution in [0, 0.1) is 10.1 Å². The van der Waals surface area contributed by atoms with Crippen LogP contribution in [0.2, 0.25) is 5.02 Å². The number of nitrogens with one attached hydrogen (secondary N) is 2. The highest BCUT2D eigenvalue weighted by Gasteiger charge is 2.19. The Hall–Kier alpha value is -2.60. The molecule has 0 aliphatic carbocycles. The highest BCUT2D eigenvalue weighted by molar-refractivity contribution is 6.30. The molecule has 2 aromatic rings. The van der Waals surface area contributed by atoms with Crippen molar-refractivity contribution in [2.75, 3.05) is 5.32 Å². The molecule has 0 saturated heterocycles. The Morgan fingerprint density at radius 3 is 2.61 bits per heavy atom. The van der Waals surface area contributed by atoms with E-state index in [1.54, 1.807) is 6.92 Å². The average molecular weight is 334 g/mol. The molecule has 0 radical (unpaired) electrons. The van der Waals surface area contributed by atoms with Gasteiger partial charge in [-0.3, -0.25) is 14.9 Å². The third-order valence-electron chi connectivity index (χ3n) is 3.23. The van der Waals surface area contributed by atoms with Crippen LogP contribution in [-0.4, -0.2) is 16.9 Å². The topological polar surface area (TPSA) is 84.3 Å². The summed E-state index contributed by atoms with van der Waals surface area (Å²) in [5, 5.41) is 16.9. The molecule has 0 saturated carbocycles. The number of rotatable bonds is 6. The first kappa shape index (κ1) is 16.8. The molecule has 23 heavy (non-hydrogen) atoms. The summed E-state index contributed by atoms with van der Waals surface area (Å²) in [6.07, 6.45) is 0. The van der Waals surface area contributed by atoms with E-state index < -0.39 is 11.0 Å². The van der Waals surface area contributed by atoms with Crippen molar-refractivity contribution in [3.05, 3.63) is 69.2 Å². The molecule has 2 aromatic carbocycles. The second-order valence-electron chi connectivity index (χ2n) is 4.99.